The van der Waals surface area contributed by atoms with Crippen LogP contribution < -0.4 is 5.73 Å². The summed E-state index contributed by atoms with van der Waals surface area (Å²) < 4.78 is 2.91. The van der Waals surface area contributed by atoms with E-state index in [1.165, 1.54) is 6.42 Å². The van der Waals surface area contributed by atoms with Crippen LogP contribution in [0.3, 0.4) is 0 Å². The molecule has 1 aromatic heterocycles. The van der Waals surface area contributed by atoms with E-state index in [0.29, 0.717) is 11.7 Å². The van der Waals surface area contributed by atoms with E-state index in [9.17, 15) is 5.11 Å². The maximum atomic E-state index is 10.2. The number of rotatable bonds is 2. The third kappa shape index (κ3) is 2.66. The smallest absolute Gasteiger partial charge is 0.135 e. The molecule has 2 rings (SSSR count). The van der Waals surface area contributed by atoms with Crippen molar-refractivity contribution in [2.75, 3.05) is 5.73 Å². The van der Waals surface area contributed by atoms with E-state index >= 15 is 0 Å². The van der Waals surface area contributed by atoms with Crippen LogP contribution in [0.1, 0.15) is 63.6 Å². The van der Waals surface area contributed by atoms with Gasteiger partial charge >= 0.3 is 0 Å². The lowest BCUT2D eigenvalue weighted by molar-refractivity contribution is 0.0999. The number of nitrogen functional groups attached to an aromatic ring is 1. The second kappa shape index (κ2) is 5.77. The van der Waals surface area contributed by atoms with E-state index in [0.717, 1.165) is 34.9 Å². The summed E-state index contributed by atoms with van der Waals surface area (Å²) >= 11 is 2.26. The summed E-state index contributed by atoms with van der Waals surface area (Å²) in [6, 6.07) is 0.0496. The lowest BCUT2D eigenvalue weighted by atomic mass is 10.1. The van der Waals surface area contributed by atoms with Gasteiger partial charge in [0.25, 0.3) is 0 Å². The lowest BCUT2D eigenvalue weighted by Crippen LogP contribution is -2.25. The molecule has 5 heteroatoms. The molecule has 0 saturated heterocycles. The quantitative estimate of drug-likeness (QED) is 0.627. The van der Waals surface area contributed by atoms with Gasteiger partial charge in [-0.15, -0.1) is 0 Å². The Kier molecular flexibility index (Phi) is 4.53. The molecule has 0 amide bonds. The molecule has 0 spiro atoms. The molecule has 1 aliphatic carbocycles. The molecule has 1 fully saturated rings. The van der Waals surface area contributed by atoms with Crippen molar-refractivity contribution >= 4 is 28.4 Å². The predicted molar refractivity (Wildman–Crippen MR) is 81.6 cm³/mol. The average Bonchev–Trinajstić information content (AvgIpc) is 2.51. The molecule has 0 bridgehead atoms. The summed E-state index contributed by atoms with van der Waals surface area (Å²) in [5, 5.41) is 14.9. The van der Waals surface area contributed by atoms with Crippen LogP contribution in [0.4, 0.5) is 5.82 Å². The van der Waals surface area contributed by atoms with E-state index in [1.54, 1.807) is 0 Å². The van der Waals surface area contributed by atoms with Crippen LogP contribution in [0.5, 0.6) is 0 Å². The number of hydrogen-bond acceptors (Lipinski definition) is 3. The van der Waals surface area contributed by atoms with E-state index in [-0.39, 0.29) is 12.1 Å². The third-order valence-corrected chi connectivity index (χ3v) is 4.82. The number of aromatic nitrogens is 2. The second-order valence-corrected chi connectivity index (χ2v) is 6.54. The second-order valence-electron chi connectivity index (χ2n) is 5.46. The van der Waals surface area contributed by atoms with Gasteiger partial charge in [-0.1, -0.05) is 33.1 Å². The number of nitrogens with two attached hydrogens (primary N) is 1. The monoisotopic (exact) mass is 363 g/mol. The number of anilines is 1. The largest absolute Gasteiger partial charge is 0.391 e. The summed E-state index contributed by atoms with van der Waals surface area (Å²) in [4.78, 5) is 0. The first kappa shape index (κ1) is 14.1. The molecule has 3 N–H and O–H groups in total. The highest BCUT2D eigenvalue weighted by Crippen LogP contribution is 2.33. The van der Waals surface area contributed by atoms with Gasteiger partial charge in [0.1, 0.15) is 5.82 Å². The Morgan fingerprint density at radius 2 is 2.00 bits per heavy atom. The van der Waals surface area contributed by atoms with Gasteiger partial charge in [-0.2, -0.15) is 5.10 Å². The Hall–Kier alpha value is -0.300. The molecule has 1 aromatic rings. The van der Waals surface area contributed by atoms with Crippen molar-refractivity contribution in [1.82, 2.24) is 9.78 Å². The number of aliphatic hydroxyl groups is 1. The third-order valence-electron chi connectivity index (χ3n) is 3.72. The van der Waals surface area contributed by atoms with E-state index in [2.05, 4.69) is 41.5 Å². The Morgan fingerprint density at radius 1 is 1.33 bits per heavy atom. The zero-order chi connectivity index (χ0) is 13.3. The van der Waals surface area contributed by atoms with Gasteiger partial charge in [0.15, 0.2) is 0 Å². The molecule has 1 saturated carbocycles. The molecule has 4 nitrogen and oxygen atoms in total. The van der Waals surface area contributed by atoms with Gasteiger partial charge in [0.05, 0.1) is 21.4 Å². The molecule has 2 unspecified atom stereocenters. The van der Waals surface area contributed by atoms with Crippen LogP contribution in [-0.2, 0) is 0 Å². The Morgan fingerprint density at radius 3 is 2.61 bits per heavy atom. The van der Waals surface area contributed by atoms with Crippen LogP contribution in [0, 0.1) is 3.57 Å². The van der Waals surface area contributed by atoms with Gasteiger partial charge in [0.2, 0.25) is 0 Å². The standard InChI is InChI=1S/C13H22IN3O/c1-8(2)12-11(14)13(15)17(16-12)9-6-4-3-5-7-10(9)18/h8-10,18H,3-7,15H2,1-2H3. The minimum atomic E-state index is -0.314. The maximum absolute atomic E-state index is 10.2. The molecule has 102 valence electrons. The zero-order valence-electron chi connectivity index (χ0n) is 11.1. The zero-order valence-corrected chi connectivity index (χ0v) is 13.2. The fraction of sp³-hybridized carbons (Fsp3) is 0.769. The SMILES string of the molecule is CC(C)c1nn(C2CCCCCC2O)c(N)c1I. The summed E-state index contributed by atoms with van der Waals surface area (Å²) in [6.45, 7) is 4.25. The highest BCUT2D eigenvalue weighted by Gasteiger charge is 2.27. The summed E-state index contributed by atoms with van der Waals surface area (Å²) in [5.74, 6) is 1.08. The maximum Gasteiger partial charge on any atom is 0.135 e. The fourth-order valence-electron chi connectivity index (χ4n) is 2.62. The molecular weight excluding hydrogens is 341 g/mol. The minimum absolute atomic E-state index is 0.0496. The average molecular weight is 363 g/mol. The Labute approximate surface area is 122 Å². The van der Waals surface area contributed by atoms with Gasteiger partial charge in [0, 0.05) is 0 Å². The van der Waals surface area contributed by atoms with Gasteiger partial charge in [-0.25, -0.2) is 4.68 Å². The van der Waals surface area contributed by atoms with Crippen LogP contribution in [-0.4, -0.2) is 21.0 Å². The Bertz CT molecular complexity index is 417. The van der Waals surface area contributed by atoms with Crippen molar-refractivity contribution in [3.05, 3.63) is 9.26 Å². The predicted octanol–water partition coefficient (Wildman–Crippen LogP) is 3.06. The number of aliphatic hydroxyl groups excluding tert-OH is 1. The lowest BCUT2D eigenvalue weighted by Gasteiger charge is -2.22. The van der Waals surface area contributed by atoms with Crippen LogP contribution >= 0.6 is 22.6 Å². The summed E-state index contributed by atoms with van der Waals surface area (Å²) in [5.41, 5.74) is 7.21. The summed E-state index contributed by atoms with van der Waals surface area (Å²) in [6.07, 6.45) is 4.97. The summed E-state index contributed by atoms with van der Waals surface area (Å²) in [7, 11) is 0. The Balaban J connectivity index is 2.34. The van der Waals surface area contributed by atoms with Crippen molar-refractivity contribution < 1.29 is 5.11 Å². The number of nitrogens with zero attached hydrogens (tertiary/aromatic N) is 2. The molecule has 0 aliphatic heterocycles. The van der Waals surface area contributed by atoms with Gasteiger partial charge in [-0.05, 0) is 41.4 Å². The normalized spacial score (nSPS) is 25.4. The molecule has 1 heterocycles. The van der Waals surface area contributed by atoms with Crippen molar-refractivity contribution in [3.8, 4) is 0 Å². The molecule has 0 aromatic carbocycles. The topological polar surface area (TPSA) is 64.1 Å². The van der Waals surface area contributed by atoms with Gasteiger partial charge in [-0.3, -0.25) is 0 Å². The van der Waals surface area contributed by atoms with Crippen LogP contribution in [0.25, 0.3) is 0 Å². The van der Waals surface area contributed by atoms with Crippen molar-refractivity contribution in [2.45, 2.75) is 64.0 Å². The van der Waals surface area contributed by atoms with Gasteiger partial charge < -0.3 is 10.8 Å². The number of hydrogen-bond donors (Lipinski definition) is 2. The van der Waals surface area contributed by atoms with E-state index in [1.807, 2.05) is 4.68 Å². The first-order chi connectivity index (χ1) is 8.52. The fourth-order valence-corrected chi connectivity index (χ4v) is 3.60. The van der Waals surface area contributed by atoms with Crippen molar-refractivity contribution in [2.24, 2.45) is 0 Å². The number of halogens is 1. The van der Waals surface area contributed by atoms with Crippen LogP contribution in [0.2, 0.25) is 0 Å². The molecular formula is C13H22IN3O. The highest BCUT2D eigenvalue weighted by atomic mass is 127. The van der Waals surface area contributed by atoms with E-state index < -0.39 is 0 Å². The van der Waals surface area contributed by atoms with E-state index in [4.69, 9.17) is 5.73 Å². The highest BCUT2D eigenvalue weighted by molar-refractivity contribution is 14.1. The molecule has 0 radical (unpaired) electrons. The first-order valence-corrected chi connectivity index (χ1v) is 7.81. The first-order valence-electron chi connectivity index (χ1n) is 6.73. The molecule has 18 heavy (non-hydrogen) atoms. The van der Waals surface area contributed by atoms with Crippen molar-refractivity contribution in [3.63, 3.8) is 0 Å². The van der Waals surface area contributed by atoms with Crippen LogP contribution in [0.15, 0.2) is 0 Å². The molecule has 1 aliphatic rings. The van der Waals surface area contributed by atoms with Crippen molar-refractivity contribution in [1.29, 1.82) is 0 Å². The molecule has 2 atom stereocenters. The minimum Gasteiger partial charge on any atom is -0.391 e.